The minimum Gasteiger partial charge on any atom is -0.210 e. The monoisotopic (exact) mass is 355 g/mol. The minimum absolute atomic E-state index is 0.176. The summed E-state index contributed by atoms with van der Waals surface area (Å²) >= 11 is 0. The number of nitrogens with one attached hydrogen (secondary N) is 1. The van der Waals surface area contributed by atoms with Crippen LogP contribution >= 0.6 is 0 Å². The minimum atomic E-state index is -4.58. The number of alkyl halides is 3. The molecule has 128 valence electrons. The SMILES string of the molecule is O=S(=O)(NCC1(c2ccccc2)CC1)c1cccc(C(F)(F)F)c1. The second kappa shape index (κ2) is 5.89. The van der Waals surface area contributed by atoms with E-state index in [0.717, 1.165) is 30.5 Å². The molecule has 1 aliphatic rings. The van der Waals surface area contributed by atoms with Crippen molar-refractivity contribution in [2.24, 2.45) is 0 Å². The van der Waals surface area contributed by atoms with Gasteiger partial charge in [-0.1, -0.05) is 36.4 Å². The average Bonchev–Trinajstić information content (AvgIpc) is 3.35. The Morgan fingerprint density at radius 3 is 2.25 bits per heavy atom. The maximum absolute atomic E-state index is 12.7. The summed E-state index contributed by atoms with van der Waals surface area (Å²) in [6.07, 6.45) is -2.88. The van der Waals surface area contributed by atoms with E-state index in [2.05, 4.69) is 4.72 Å². The van der Waals surface area contributed by atoms with Gasteiger partial charge in [-0.05, 0) is 36.6 Å². The fourth-order valence-electron chi connectivity index (χ4n) is 2.67. The summed E-state index contributed by atoms with van der Waals surface area (Å²) in [5.41, 5.74) is -0.193. The molecule has 3 nitrogen and oxygen atoms in total. The zero-order chi connectivity index (χ0) is 17.4. The van der Waals surface area contributed by atoms with Gasteiger partial charge in [0.25, 0.3) is 0 Å². The van der Waals surface area contributed by atoms with Gasteiger partial charge < -0.3 is 0 Å². The summed E-state index contributed by atoms with van der Waals surface area (Å²) in [5.74, 6) is 0. The summed E-state index contributed by atoms with van der Waals surface area (Å²) in [5, 5.41) is 0. The van der Waals surface area contributed by atoms with Crippen LogP contribution < -0.4 is 4.72 Å². The number of hydrogen-bond donors (Lipinski definition) is 1. The maximum atomic E-state index is 12.7. The summed E-state index contributed by atoms with van der Waals surface area (Å²) < 4.78 is 65.4. The van der Waals surface area contributed by atoms with Crippen molar-refractivity contribution in [3.63, 3.8) is 0 Å². The molecule has 0 amide bonds. The lowest BCUT2D eigenvalue weighted by Gasteiger charge is -2.17. The fraction of sp³-hybridized carbons (Fsp3) is 0.294. The Morgan fingerprint density at radius 1 is 1.00 bits per heavy atom. The first kappa shape index (κ1) is 17.0. The van der Waals surface area contributed by atoms with Crippen molar-refractivity contribution in [1.82, 2.24) is 4.72 Å². The van der Waals surface area contributed by atoms with E-state index in [1.807, 2.05) is 30.3 Å². The molecule has 1 aliphatic carbocycles. The van der Waals surface area contributed by atoms with Crippen LogP contribution in [0, 0.1) is 0 Å². The molecule has 7 heteroatoms. The highest BCUT2D eigenvalue weighted by Gasteiger charge is 2.44. The molecule has 0 aliphatic heterocycles. The highest BCUT2D eigenvalue weighted by Crippen LogP contribution is 2.47. The van der Waals surface area contributed by atoms with Gasteiger partial charge >= 0.3 is 6.18 Å². The maximum Gasteiger partial charge on any atom is 0.416 e. The molecule has 0 saturated heterocycles. The Bertz CT molecular complexity index is 828. The van der Waals surface area contributed by atoms with E-state index in [0.29, 0.717) is 6.07 Å². The summed E-state index contributed by atoms with van der Waals surface area (Å²) in [6, 6.07) is 13.3. The normalized spacial score (nSPS) is 16.8. The fourth-order valence-corrected chi connectivity index (χ4v) is 3.84. The van der Waals surface area contributed by atoms with Crippen LogP contribution in [0.15, 0.2) is 59.5 Å². The molecule has 2 aromatic carbocycles. The Labute approximate surface area is 138 Å². The zero-order valence-electron chi connectivity index (χ0n) is 12.7. The van der Waals surface area contributed by atoms with Crippen LogP contribution in [-0.2, 0) is 21.6 Å². The average molecular weight is 355 g/mol. The van der Waals surface area contributed by atoms with Crippen LogP contribution in [0.25, 0.3) is 0 Å². The van der Waals surface area contributed by atoms with Gasteiger partial charge in [0.15, 0.2) is 0 Å². The van der Waals surface area contributed by atoms with Crippen molar-refractivity contribution in [1.29, 1.82) is 0 Å². The van der Waals surface area contributed by atoms with Crippen LogP contribution in [0.5, 0.6) is 0 Å². The molecule has 2 aromatic rings. The summed E-state index contributed by atoms with van der Waals surface area (Å²) in [7, 11) is -3.99. The first-order valence-electron chi connectivity index (χ1n) is 7.45. The van der Waals surface area contributed by atoms with Crippen LogP contribution in [0.1, 0.15) is 24.0 Å². The van der Waals surface area contributed by atoms with Gasteiger partial charge in [-0.2, -0.15) is 13.2 Å². The third-order valence-electron chi connectivity index (χ3n) is 4.31. The van der Waals surface area contributed by atoms with Gasteiger partial charge in [0.2, 0.25) is 10.0 Å². The van der Waals surface area contributed by atoms with Crippen molar-refractivity contribution in [3.05, 3.63) is 65.7 Å². The summed E-state index contributed by atoms with van der Waals surface area (Å²) in [6.45, 7) is 0.176. The lowest BCUT2D eigenvalue weighted by atomic mass is 9.96. The second-order valence-electron chi connectivity index (χ2n) is 6.00. The van der Waals surface area contributed by atoms with Crippen molar-refractivity contribution < 1.29 is 21.6 Å². The molecule has 0 heterocycles. The Balaban J connectivity index is 1.78. The predicted octanol–water partition coefficient (Wildman–Crippen LogP) is 3.72. The van der Waals surface area contributed by atoms with Crippen molar-refractivity contribution in [2.75, 3.05) is 6.54 Å². The van der Waals surface area contributed by atoms with Crippen molar-refractivity contribution >= 4 is 10.0 Å². The molecule has 0 radical (unpaired) electrons. The van der Waals surface area contributed by atoms with Crippen LogP contribution in [0.2, 0.25) is 0 Å². The van der Waals surface area contributed by atoms with E-state index in [4.69, 9.17) is 0 Å². The topological polar surface area (TPSA) is 46.2 Å². The molecule has 3 rings (SSSR count). The molecular weight excluding hydrogens is 339 g/mol. The van der Waals surface area contributed by atoms with Gasteiger partial charge in [-0.3, -0.25) is 0 Å². The number of rotatable bonds is 5. The van der Waals surface area contributed by atoms with Gasteiger partial charge in [0.1, 0.15) is 0 Å². The number of halogens is 3. The zero-order valence-corrected chi connectivity index (χ0v) is 13.5. The Hall–Kier alpha value is -1.86. The highest BCUT2D eigenvalue weighted by molar-refractivity contribution is 7.89. The molecule has 0 spiro atoms. The highest BCUT2D eigenvalue weighted by atomic mass is 32.2. The molecule has 1 N–H and O–H groups in total. The molecule has 1 fully saturated rings. The lowest BCUT2D eigenvalue weighted by Crippen LogP contribution is -2.32. The van der Waals surface area contributed by atoms with E-state index in [-0.39, 0.29) is 16.9 Å². The quantitative estimate of drug-likeness (QED) is 0.889. The molecule has 0 unspecified atom stereocenters. The Morgan fingerprint density at radius 2 is 1.67 bits per heavy atom. The van der Waals surface area contributed by atoms with E-state index in [1.54, 1.807) is 0 Å². The third-order valence-corrected chi connectivity index (χ3v) is 5.71. The predicted molar refractivity (Wildman–Crippen MR) is 84.0 cm³/mol. The first-order valence-corrected chi connectivity index (χ1v) is 8.94. The lowest BCUT2D eigenvalue weighted by molar-refractivity contribution is -0.137. The van der Waals surface area contributed by atoms with Crippen molar-refractivity contribution in [3.8, 4) is 0 Å². The molecule has 1 saturated carbocycles. The largest absolute Gasteiger partial charge is 0.416 e. The number of benzene rings is 2. The molecule has 0 bridgehead atoms. The third kappa shape index (κ3) is 3.47. The van der Waals surface area contributed by atoms with Crippen LogP contribution in [-0.4, -0.2) is 15.0 Å². The van der Waals surface area contributed by atoms with E-state index in [9.17, 15) is 21.6 Å². The molecule has 24 heavy (non-hydrogen) atoms. The number of sulfonamides is 1. The van der Waals surface area contributed by atoms with Gasteiger partial charge in [-0.15, -0.1) is 0 Å². The molecular formula is C17H16F3NO2S. The van der Waals surface area contributed by atoms with Gasteiger partial charge in [0.05, 0.1) is 10.5 Å². The molecule has 0 aromatic heterocycles. The van der Waals surface area contributed by atoms with Crippen molar-refractivity contribution in [2.45, 2.75) is 29.3 Å². The van der Waals surface area contributed by atoms with Gasteiger partial charge in [-0.25, -0.2) is 13.1 Å². The van der Waals surface area contributed by atoms with E-state index in [1.165, 1.54) is 6.07 Å². The van der Waals surface area contributed by atoms with Gasteiger partial charge in [0, 0.05) is 12.0 Å². The van der Waals surface area contributed by atoms with Crippen LogP contribution in [0.4, 0.5) is 13.2 Å². The smallest absolute Gasteiger partial charge is 0.210 e. The molecule has 0 atom stereocenters. The van der Waals surface area contributed by atoms with E-state index >= 15 is 0 Å². The standard InChI is InChI=1S/C17H16F3NO2S/c18-17(19,20)14-7-4-8-15(11-14)24(22,23)21-12-16(9-10-16)13-5-2-1-3-6-13/h1-8,11,21H,9-10,12H2. The summed E-state index contributed by atoms with van der Waals surface area (Å²) in [4.78, 5) is -0.374. The van der Waals surface area contributed by atoms with Crippen LogP contribution in [0.3, 0.4) is 0 Å². The second-order valence-corrected chi connectivity index (χ2v) is 7.76. The first-order chi connectivity index (χ1) is 11.2. The number of hydrogen-bond acceptors (Lipinski definition) is 2. The Kier molecular flexibility index (Phi) is 4.17. The van der Waals surface area contributed by atoms with E-state index < -0.39 is 21.8 Å².